The number of ether oxygens (including phenoxy) is 1. The molecule has 1 aliphatic rings. The minimum absolute atomic E-state index is 0.238. The van der Waals surface area contributed by atoms with E-state index in [0.717, 1.165) is 11.1 Å². The standard InChI is InChI=1S/C20H21FN2O3/c1-13-8-9-16(21)10-15(13)11-23-12-17(23)19(24)22-18(20(25)26-2)14-6-4-3-5-7-14/h3-10,17-18H,11-12H2,1-2H3,(H,22,24)/t17?,18-,23?/m1/s1. The van der Waals surface area contributed by atoms with Gasteiger partial charge in [-0.05, 0) is 35.7 Å². The highest BCUT2D eigenvalue weighted by Crippen LogP contribution is 2.25. The first-order valence-electron chi connectivity index (χ1n) is 8.42. The van der Waals surface area contributed by atoms with Crippen LogP contribution in [-0.2, 0) is 20.9 Å². The molecule has 1 saturated heterocycles. The van der Waals surface area contributed by atoms with E-state index in [9.17, 15) is 14.0 Å². The lowest BCUT2D eigenvalue weighted by Crippen LogP contribution is -2.38. The minimum atomic E-state index is -0.841. The lowest BCUT2D eigenvalue weighted by molar-refractivity contribution is -0.145. The maximum atomic E-state index is 13.4. The van der Waals surface area contributed by atoms with Crippen LogP contribution in [0.1, 0.15) is 22.7 Å². The van der Waals surface area contributed by atoms with Crippen molar-refractivity contribution in [3.8, 4) is 0 Å². The van der Waals surface area contributed by atoms with Gasteiger partial charge in [0, 0.05) is 13.1 Å². The van der Waals surface area contributed by atoms with Crippen LogP contribution in [0.3, 0.4) is 0 Å². The summed E-state index contributed by atoms with van der Waals surface area (Å²) >= 11 is 0. The van der Waals surface area contributed by atoms with Crippen LogP contribution in [0.2, 0.25) is 0 Å². The second-order valence-corrected chi connectivity index (χ2v) is 6.39. The van der Waals surface area contributed by atoms with Crippen LogP contribution < -0.4 is 5.32 Å². The number of carbonyl (C=O) groups is 2. The molecule has 1 heterocycles. The molecule has 3 atom stereocenters. The Balaban J connectivity index is 1.64. The van der Waals surface area contributed by atoms with Crippen LogP contribution >= 0.6 is 0 Å². The summed E-state index contributed by atoms with van der Waals surface area (Å²) in [5, 5.41) is 2.76. The van der Waals surface area contributed by atoms with E-state index in [2.05, 4.69) is 5.32 Å². The van der Waals surface area contributed by atoms with E-state index in [4.69, 9.17) is 4.74 Å². The van der Waals surface area contributed by atoms with E-state index in [0.29, 0.717) is 18.7 Å². The molecule has 0 aromatic heterocycles. The number of benzene rings is 2. The van der Waals surface area contributed by atoms with Gasteiger partial charge in [-0.1, -0.05) is 36.4 Å². The molecule has 3 rings (SSSR count). The smallest absolute Gasteiger partial charge is 0.333 e. The molecule has 1 amide bonds. The molecular formula is C20H21FN2O3. The predicted molar refractivity (Wildman–Crippen MR) is 94.7 cm³/mol. The number of esters is 1. The van der Waals surface area contributed by atoms with Gasteiger partial charge in [0.25, 0.3) is 0 Å². The van der Waals surface area contributed by atoms with E-state index in [1.165, 1.54) is 19.2 Å². The van der Waals surface area contributed by atoms with Gasteiger partial charge in [0.1, 0.15) is 11.9 Å². The number of hydrogen-bond acceptors (Lipinski definition) is 4. The van der Waals surface area contributed by atoms with E-state index in [1.807, 2.05) is 17.9 Å². The second-order valence-electron chi connectivity index (χ2n) is 6.39. The summed E-state index contributed by atoms with van der Waals surface area (Å²) in [4.78, 5) is 26.5. The van der Waals surface area contributed by atoms with Crippen molar-refractivity contribution in [1.82, 2.24) is 10.2 Å². The van der Waals surface area contributed by atoms with Gasteiger partial charge in [-0.25, -0.2) is 9.18 Å². The molecule has 0 spiro atoms. The number of nitrogens with zero attached hydrogens (tertiary/aromatic N) is 1. The van der Waals surface area contributed by atoms with Gasteiger partial charge < -0.3 is 10.1 Å². The summed E-state index contributed by atoms with van der Waals surface area (Å²) in [6, 6.07) is 12.4. The molecule has 5 nitrogen and oxygen atoms in total. The molecule has 1 N–H and O–H groups in total. The van der Waals surface area contributed by atoms with Crippen LogP contribution in [0, 0.1) is 12.7 Å². The SMILES string of the molecule is COC(=O)[C@H](NC(=O)C1CN1Cc1cc(F)ccc1C)c1ccccc1. The topological polar surface area (TPSA) is 58.4 Å². The molecule has 1 aliphatic heterocycles. The number of methoxy groups -OCH3 is 1. The fourth-order valence-corrected chi connectivity index (χ4v) is 2.91. The number of nitrogens with one attached hydrogen (secondary N) is 1. The average Bonchev–Trinajstić information content (AvgIpc) is 3.42. The Morgan fingerprint density at radius 1 is 1.27 bits per heavy atom. The van der Waals surface area contributed by atoms with Crippen LogP contribution in [0.15, 0.2) is 48.5 Å². The van der Waals surface area contributed by atoms with Crippen LogP contribution in [0.4, 0.5) is 4.39 Å². The number of aryl methyl sites for hydroxylation is 1. The Morgan fingerprint density at radius 2 is 2.00 bits per heavy atom. The van der Waals surface area contributed by atoms with Gasteiger partial charge in [0.2, 0.25) is 5.91 Å². The first-order valence-corrected chi connectivity index (χ1v) is 8.42. The van der Waals surface area contributed by atoms with E-state index in [1.54, 1.807) is 30.3 Å². The van der Waals surface area contributed by atoms with Gasteiger partial charge in [-0.3, -0.25) is 9.69 Å². The molecular weight excluding hydrogens is 335 g/mol. The van der Waals surface area contributed by atoms with Crippen molar-refractivity contribution < 1.29 is 18.7 Å². The van der Waals surface area contributed by atoms with Crippen LogP contribution in [-0.4, -0.2) is 36.5 Å². The van der Waals surface area contributed by atoms with Gasteiger partial charge in [-0.2, -0.15) is 0 Å². The highest BCUT2D eigenvalue weighted by atomic mass is 19.1. The summed E-state index contributed by atoms with van der Waals surface area (Å²) in [6.45, 7) is 2.98. The molecule has 136 valence electrons. The second kappa shape index (κ2) is 7.66. The van der Waals surface area contributed by atoms with Crippen LogP contribution in [0.25, 0.3) is 0 Å². The molecule has 6 heteroatoms. The van der Waals surface area contributed by atoms with Crippen molar-refractivity contribution >= 4 is 11.9 Å². The van der Waals surface area contributed by atoms with Crippen molar-refractivity contribution in [1.29, 1.82) is 0 Å². The third kappa shape index (κ3) is 4.08. The van der Waals surface area contributed by atoms with Crippen molar-refractivity contribution in [3.63, 3.8) is 0 Å². The number of rotatable bonds is 6. The lowest BCUT2D eigenvalue weighted by atomic mass is 10.1. The molecule has 2 unspecified atom stereocenters. The van der Waals surface area contributed by atoms with Crippen LogP contribution in [0.5, 0.6) is 0 Å². The zero-order valence-corrected chi connectivity index (χ0v) is 14.7. The van der Waals surface area contributed by atoms with Crippen molar-refractivity contribution in [2.24, 2.45) is 0 Å². The quantitative estimate of drug-likeness (QED) is 0.638. The van der Waals surface area contributed by atoms with E-state index >= 15 is 0 Å². The first kappa shape index (κ1) is 18.1. The molecule has 0 radical (unpaired) electrons. The maximum Gasteiger partial charge on any atom is 0.333 e. The fourth-order valence-electron chi connectivity index (χ4n) is 2.91. The molecule has 0 saturated carbocycles. The predicted octanol–water partition coefficient (Wildman–Crippen LogP) is 2.35. The average molecular weight is 356 g/mol. The number of halogens is 1. The van der Waals surface area contributed by atoms with E-state index < -0.39 is 12.0 Å². The Bertz CT molecular complexity index is 810. The van der Waals surface area contributed by atoms with E-state index in [-0.39, 0.29) is 17.8 Å². The Labute approximate surface area is 151 Å². The molecule has 2 aromatic carbocycles. The Morgan fingerprint density at radius 3 is 2.69 bits per heavy atom. The number of carbonyl (C=O) groups excluding carboxylic acids is 2. The Kier molecular flexibility index (Phi) is 5.32. The van der Waals surface area contributed by atoms with Crippen molar-refractivity contribution in [2.45, 2.75) is 25.6 Å². The maximum absolute atomic E-state index is 13.4. The lowest BCUT2D eigenvalue weighted by Gasteiger charge is -2.17. The molecule has 26 heavy (non-hydrogen) atoms. The zero-order valence-electron chi connectivity index (χ0n) is 14.7. The molecule has 2 aromatic rings. The summed E-state index contributed by atoms with van der Waals surface area (Å²) in [5.41, 5.74) is 2.50. The highest BCUT2D eigenvalue weighted by Gasteiger charge is 2.41. The van der Waals surface area contributed by atoms with Gasteiger partial charge in [0.15, 0.2) is 6.04 Å². The van der Waals surface area contributed by atoms with Crippen molar-refractivity contribution in [2.75, 3.05) is 13.7 Å². The van der Waals surface area contributed by atoms with Gasteiger partial charge in [-0.15, -0.1) is 0 Å². The summed E-state index contributed by atoms with van der Waals surface area (Å²) in [7, 11) is 1.29. The van der Waals surface area contributed by atoms with Gasteiger partial charge >= 0.3 is 5.97 Å². The zero-order chi connectivity index (χ0) is 18.7. The fraction of sp³-hybridized carbons (Fsp3) is 0.300. The molecule has 1 fully saturated rings. The van der Waals surface area contributed by atoms with Gasteiger partial charge in [0.05, 0.1) is 7.11 Å². The first-order chi connectivity index (χ1) is 12.5. The summed E-state index contributed by atoms with van der Waals surface area (Å²) in [6.07, 6.45) is 0. The molecule has 0 aliphatic carbocycles. The monoisotopic (exact) mass is 356 g/mol. The molecule has 0 bridgehead atoms. The summed E-state index contributed by atoms with van der Waals surface area (Å²) < 4.78 is 18.2. The highest BCUT2D eigenvalue weighted by molar-refractivity contribution is 5.90. The third-order valence-corrected chi connectivity index (χ3v) is 4.56. The van der Waals surface area contributed by atoms with Crippen molar-refractivity contribution in [3.05, 3.63) is 71.0 Å². The third-order valence-electron chi connectivity index (χ3n) is 4.56. The summed E-state index contributed by atoms with van der Waals surface area (Å²) in [5.74, 6) is -1.04. The normalized spacial score (nSPS) is 19.5. The number of amides is 1. The largest absolute Gasteiger partial charge is 0.467 e. The number of hydrogen-bond donors (Lipinski definition) is 1. The minimum Gasteiger partial charge on any atom is -0.467 e. The Hall–Kier alpha value is -2.73.